The molecule has 0 saturated carbocycles. The molecule has 36 heavy (non-hydrogen) atoms. The Morgan fingerprint density at radius 3 is 2.39 bits per heavy atom. The van der Waals surface area contributed by atoms with E-state index in [2.05, 4.69) is 19.2 Å². The van der Waals surface area contributed by atoms with Crippen LogP contribution in [-0.2, 0) is 32.5 Å². The molecule has 0 radical (unpaired) electrons. The van der Waals surface area contributed by atoms with Gasteiger partial charge in [-0.25, -0.2) is 13.2 Å². The van der Waals surface area contributed by atoms with Crippen LogP contribution in [0, 0.1) is 0 Å². The molecule has 3 unspecified atom stereocenters. The van der Waals surface area contributed by atoms with Gasteiger partial charge in [0.1, 0.15) is 11.5 Å². The first kappa shape index (κ1) is 26.7. The maximum atomic E-state index is 13.1. The predicted molar refractivity (Wildman–Crippen MR) is 137 cm³/mol. The first-order chi connectivity index (χ1) is 17.0. The van der Waals surface area contributed by atoms with Gasteiger partial charge in [0.25, 0.3) is 5.91 Å². The summed E-state index contributed by atoms with van der Waals surface area (Å²) in [5.74, 6) is -0.879. The second-order valence-corrected chi connectivity index (χ2v) is 12.8. The largest absolute Gasteiger partial charge is 0.465 e. The number of hydrogen-bond donors (Lipinski definition) is 2. The zero-order chi connectivity index (χ0) is 26.2. The van der Waals surface area contributed by atoms with Gasteiger partial charge in [0.05, 0.1) is 47.2 Å². The number of ether oxygens (including phenoxy) is 2. The number of sulfonamides is 1. The Kier molecular flexibility index (Phi) is 7.86. The Bertz CT molecular complexity index is 1230. The number of quaternary nitrogens is 1. The fraction of sp³-hybridized carbons (Fsp3) is 0.520. The molecular formula is C25H34N3O6S2+. The van der Waals surface area contributed by atoms with E-state index in [-0.39, 0.29) is 30.2 Å². The van der Waals surface area contributed by atoms with Crippen LogP contribution in [0.25, 0.3) is 0 Å². The highest BCUT2D eigenvalue weighted by Crippen LogP contribution is 2.35. The average Bonchev–Trinajstić information content (AvgIpc) is 3.19. The van der Waals surface area contributed by atoms with Crippen molar-refractivity contribution < 1.29 is 32.4 Å². The van der Waals surface area contributed by atoms with Gasteiger partial charge in [-0.05, 0) is 57.5 Å². The highest BCUT2D eigenvalue weighted by atomic mass is 32.2. The second kappa shape index (κ2) is 10.6. The van der Waals surface area contributed by atoms with Crippen LogP contribution in [0.4, 0.5) is 5.00 Å². The summed E-state index contributed by atoms with van der Waals surface area (Å²) in [5, 5.41) is 3.34. The molecule has 1 saturated heterocycles. The molecule has 196 valence electrons. The quantitative estimate of drug-likeness (QED) is 0.547. The normalized spacial score (nSPS) is 22.8. The number of hydrogen-bond acceptors (Lipinski definition) is 7. The summed E-state index contributed by atoms with van der Waals surface area (Å²) < 4.78 is 38.3. The van der Waals surface area contributed by atoms with E-state index in [0.29, 0.717) is 22.2 Å². The Morgan fingerprint density at radius 1 is 1.17 bits per heavy atom. The molecule has 1 fully saturated rings. The molecule has 2 N–H and O–H groups in total. The van der Waals surface area contributed by atoms with E-state index in [1.807, 2.05) is 13.8 Å². The van der Waals surface area contributed by atoms with Crippen molar-refractivity contribution in [2.75, 3.05) is 32.1 Å². The number of thiophene rings is 1. The van der Waals surface area contributed by atoms with Gasteiger partial charge >= 0.3 is 5.97 Å². The maximum absolute atomic E-state index is 13.1. The third kappa shape index (κ3) is 5.35. The van der Waals surface area contributed by atoms with Gasteiger partial charge < -0.3 is 19.7 Å². The van der Waals surface area contributed by atoms with Crippen molar-refractivity contribution in [1.29, 1.82) is 0 Å². The van der Waals surface area contributed by atoms with Crippen molar-refractivity contribution in [3.63, 3.8) is 0 Å². The molecular weight excluding hydrogens is 502 g/mol. The predicted octanol–water partition coefficient (Wildman–Crippen LogP) is 1.93. The Hall–Kier alpha value is -2.31. The van der Waals surface area contributed by atoms with Crippen molar-refractivity contribution in [2.24, 2.45) is 0 Å². The fourth-order valence-corrected chi connectivity index (χ4v) is 7.70. The van der Waals surface area contributed by atoms with Crippen molar-refractivity contribution in [1.82, 2.24) is 4.31 Å². The molecule has 1 aromatic heterocycles. The molecule has 3 heterocycles. The van der Waals surface area contributed by atoms with Crippen molar-refractivity contribution in [3.8, 4) is 0 Å². The Labute approximate surface area is 216 Å². The highest BCUT2D eigenvalue weighted by molar-refractivity contribution is 7.89. The van der Waals surface area contributed by atoms with Gasteiger partial charge in [0, 0.05) is 25.1 Å². The Morgan fingerprint density at radius 2 is 1.81 bits per heavy atom. The van der Waals surface area contributed by atoms with E-state index in [4.69, 9.17) is 9.47 Å². The summed E-state index contributed by atoms with van der Waals surface area (Å²) in [4.78, 5) is 28.3. The summed E-state index contributed by atoms with van der Waals surface area (Å²) >= 11 is 1.41. The highest BCUT2D eigenvalue weighted by Gasteiger charge is 2.33. The van der Waals surface area contributed by atoms with E-state index >= 15 is 0 Å². The smallest absolute Gasteiger partial charge is 0.341 e. The monoisotopic (exact) mass is 536 g/mol. The van der Waals surface area contributed by atoms with Crippen LogP contribution in [-0.4, -0.2) is 69.6 Å². The molecule has 3 atom stereocenters. The lowest BCUT2D eigenvalue weighted by Crippen LogP contribution is -3.14. The van der Waals surface area contributed by atoms with Crippen LogP contribution in [0.15, 0.2) is 29.2 Å². The lowest BCUT2D eigenvalue weighted by atomic mass is 10.0. The number of anilines is 1. The zero-order valence-electron chi connectivity index (χ0n) is 21.3. The van der Waals surface area contributed by atoms with Crippen LogP contribution in [0.2, 0.25) is 0 Å². The summed E-state index contributed by atoms with van der Waals surface area (Å²) in [6.45, 7) is 10.3. The summed E-state index contributed by atoms with van der Waals surface area (Å²) in [6.07, 6.45) is 0.358. The third-order valence-corrected chi connectivity index (χ3v) is 9.74. The van der Waals surface area contributed by atoms with Gasteiger partial charge in [0.2, 0.25) is 10.0 Å². The van der Waals surface area contributed by atoms with Gasteiger partial charge in [0.15, 0.2) is 0 Å². The lowest BCUT2D eigenvalue weighted by molar-refractivity contribution is -0.936. The number of esters is 1. The standard InChI is InChI=1S/C25H33N3O6S2/c1-15(2)27-11-10-20-21(14-27)35-24(22(20)25(30)33-5)26-23(29)18-6-8-19(9-7-18)36(31,32)28-12-16(3)34-17(4)13-28/h6-9,15-17H,10-14H2,1-5H3,(H,26,29)/p+1. The molecule has 9 nitrogen and oxygen atoms in total. The number of carbonyl (C=O) groups is 2. The van der Waals surface area contributed by atoms with Crippen LogP contribution in [0.1, 0.15) is 58.9 Å². The molecule has 1 amide bonds. The molecule has 4 rings (SSSR count). The van der Waals surface area contributed by atoms with Crippen LogP contribution in [0.5, 0.6) is 0 Å². The van der Waals surface area contributed by atoms with E-state index < -0.39 is 21.9 Å². The van der Waals surface area contributed by atoms with Gasteiger partial charge in [-0.15, -0.1) is 11.3 Å². The number of morpholine rings is 1. The summed E-state index contributed by atoms with van der Waals surface area (Å²) in [5.41, 5.74) is 1.67. The lowest BCUT2D eigenvalue weighted by Gasteiger charge is -2.34. The summed E-state index contributed by atoms with van der Waals surface area (Å²) in [7, 11) is -2.37. The number of fused-ring (bicyclic) bond motifs is 1. The van der Waals surface area contributed by atoms with Crippen LogP contribution in [0.3, 0.4) is 0 Å². The minimum absolute atomic E-state index is 0.124. The number of carbonyl (C=O) groups excluding carboxylic acids is 2. The molecule has 0 bridgehead atoms. The van der Waals surface area contributed by atoms with Crippen LogP contribution < -0.4 is 10.2 Å². The van der Waals surface area contributed by atoms with Crippen LogP contribution >= 0.6 is 11.3 Å². The Balaban J connectivity index is 1.54. The minimum atomic E-state index is -3.70. The van der Waals surface area contributed by atoms with Crippen molar-refractivity contribution in [2.45, 2.75) is 63.8 Å². The van der Waals surface area contributed by atoms with Crippen molar-refractivity contribution >= 4 is 38.2 Å². The molecule has 2 aliphatic rings. The topological polar surface area (TPSA) is 106 Å². The second-order valence-electron chi connectivity index (χ2n) is 9.75. The van der Waals surface area contributed by atoms with Gasteiger partial charge in [-0.2, -0.15) is 4.31 Å². The molecule has 0 aliphatic carbocycles. The number of nitrogens with zero attached hydrogens (tertiary/aromatic N) is 1. The van der Waals surface area contributed by atoms with E-state index in [1.165, 1.54) is 51.9 Å². The molecule has 2 aromatic rings. The maximum Gasteiger partial charge on any atom is 0.341 e. The molecule has 0 spiro atoms. The van der Waals surface area contributed by atoms with Gasteiger partial charge in [-0.3, -0.25) is 4.79 Å². The van der Waals surface area contributed by atoms with E-state index in [9.17, 15) is 18.0 Å². The number of amides is 1. The zero-order valence-corrected chi connectivity index (χ0v) is 22.9. The summed E-state index contributed by atoms with van der Waals surface area (Å²) in [6, 6.07) is 6.33. The third-order valence-electron chi connectivity index (χ3n) is 6.75. The van der Waals surface area contributed by atoms with Crippen molar-refractivity contribution in [3.05, 3.63) is 45.8 Å². The van der Waals surface area contributed by atoms with Gasteiger partial charge in [-0.1, -0.05) is 0 Å². The number of benzene rings is 1. The average molecular weight is 537 g/mol. The molecule has 11 heteroatoms. The number of rotatable bonds is 6. The molecule has 2 aliphatic heterocycles. The van der Waals surface area contributed by atoms with E-state index in [0.717, 1.165) is 30.0 Å². The minimum Gasteiger partial charge on any atom is -0.465 e. The first-order valence-electron chi connectivity index (χ1n) is 12.2. The van der Waals surface area contributed by atoms with E-state index in [1.54, 1.807) is 0 Å². The SMILES string of the molecule is COC(=O)c1c(NC(=O)c2ccc(S(=O)(=O)N3CC(C)OC(C)C3)cc2)sc2c1CC[NH+](C(C)C)C2. The fourth-order valence-electron chi connectivity index (χ4n) is 4.83. The number of methoxy groups -OCH3 is 1. The molecule has 1 aromatic carbocycles. The number of nitrogens with one attached hydrogen (secondary N) is 2. The first-order valence-corrected chi connectivity index (χ1v) is 14.4.